The van der Waals surface area contributed by atoms with E-state index in [-0.39, 0.29) is 0 Å². The van der Waals surface area contributed by atoms with Crippen LogP contribution in [-0.2, 0) is 15.6 Å². The lowest BCUT2D eigenvalue weighted by Crippen LogP contribution is -2.24. The number of hydrogen-bond acceptors (Lipinski definition) is 3. The minimum Gasteiger partial charge on any atom is -0.494 e. The number of aliphatic carboxylic acids is 1. The van der Waals surface area contributed by atoms with E-state index in [2.05, 4.69) is 0 Å². The fourth-order valence-corrected chi connectivity index (χ4v) is 2.37. The summed E-state index contributed by atoms with van der Waals surface area (Å²) in [6, 6.07) is 7.69. The van der Waals surface area contributed by atoms with E-state index in [1.165, 1.54) is 6.92 Å². The molecule has 1 N–H and O–H groups in total. The second-order valence-electron chi connectivity index (χ2n) is 4.08. The molecule has 0 aliphatic rings. The standard InChI is InChI=1S/C13H18O4S/c1-10-5-3-6-12(9-10)17-7-4-8-18(16)11(2)13(14)15/h3,5-6,9,11H,4,7-8H2,1-2H3,(H,14,15). The highest BCUT2D eigenvalue weighted by atomic mass is 32.2. The quantitative estimate of drug-likeness (QED) is 0.770. The SMILES string of the molecule is Cc1cccc(OCCCS(=O)C(C)C(=O)O)c1. The van der Waals surface area contributed by atoms with Crippen LogP contribution in [0.3, 0.4) is 0 Å². The van der Waals surface area contributed by atoms with Gasteiger partial charge in [-0.3, -0.25) is 9.00 Å². The van der Waals surface area contributed by atoms with Crippen LogP contribution in [0.5, 0.6) is 5.75 Å². The third-order valence-electron chi connectivity index (χ3n) is 2.49. The van der Waals surface area contributed by atoms with Crippen molar-refractivity contribution >= 4 is 16.8 Å². The predicted octanol–water partition coefficient (Wildman–Crippen LogP) is 1.99. The van der Waals surface area contributed by atoms with Crippen LogP contribution in [-0.4, -0.2) is 32.9 Å². The maximum Gasteiger partial charge on any atom is 0.318 e. The summed E-state index contributed by atoms with van der Waals surface area (Å²) in [7, 11) is -1.34. The highest BCUT2D eigenvalue weighted by molar-refractivity contribution is 7.86. The lowest BCUT2D eigenvalue weighted by atomic mass is 10.2. The Kier molecular flexibility index (Phi) is 5.85. The Morgan fingerprint density at radius 2 is 2.22 bits per heavy atom. The van der Waals surface area contributed by atoms with Crippen LogP contribution in [0.25, 0.3) is 0 Å². The molecule has 0 fully saturated rings. The van der Waals surface area contributed by atoms with Crippen molar-refractivity contribution in [1.82, 2.24) is 0 Å². The average Bonchev–Trinajstić information content (AvgIpc) is 2.33. The van der Waals surface area contributed by atoms with E-state index >= 15 is 0 Å². The van der Waals surface area contributed by atoms with Crippen molar-refractivity contribution in [1.29, 1.82) is 0 Å². The van der Waals surface area contributed by atoms with Gasteiger partial charge in [-0.1, -0.05) is 12.1 Å². The third-order valence-corrected chi connectivity index (χ3v) is 4.17. The molecule has 2 unspecified atom stereocenters. The van der Waals surface area contributed by atoms with E-state index < -0.39 is 22.0 Å². The largest absolute Gasteiger partial charge is 0.494 e. The second-order valence-corrected chi connectivity index (χ2v) is 5.96. The first kappa shape index (κ1) is 14.7. The summed E-state index contributed by atoms with van der Waals surface area (Å²) < 4.78 is 17.0. The Hall–Kier alpha value is -1.36. The van der Waals surface area contributed by atoms with Crippen LogP contribution in [0, 0.1) is 6.92 Å². The lowest BCUT2D eigenvalue weighted by Gasteiger charge is -2.08. The monoisotopic (exact) mass is 270 g/mol. The van der Waals surface area contributed by atoms with Gasteiger partial charge < -0.3 is 9.84 Å². The first-order valence-electron chi connectivity index (χ1n) is 5.80. The lowest BCUT2D eigenvalue weighted by molar-refractivity contribution is -0.136. The molecule has 0 saturated heterocycles. The molecule has 0 aromatic heterocycles. The molecule has 0 aliphatic heterocycles. The number of benzene rings is 1. The molecule has 100 valence electrons. The van der Waals surface area contributed by atoms with Gasteiger partial charge in [-0.05, 0) is 38.0 Å². The van der Waals surface area contributed by atoms with Gasteiger partial charge in [0.2, 0.25) is 0 Å². The highest BCUT2D eigenvalue weighted by Crippen LogP contribution is 2.12. The van der Waals surface area contributed by atoms with Gasteiger partial charge in [-0.15, -0.1) is 0 Å². The van der Waals surface area contributed by atoms with Crippen molar-refractivity contribution < 1.29 is 18.8 Å². The van der Waals surface area contributed by atoms with E-state index in [9.17, 15) is 9.00 Å². The predicted molar refractivity (Wildman–Crippen MR) is 71.4 cm³/mol. The summed E-state index contributed by atoms with van der Waals surface area (Å²) in [6.45, 7) is 3.89. The van der Waals surface area contributed by atoms with Crippen molar-refractivity contribution in [2.45, 2.75) is 25.5 Å². The Labute approximate surface area is 109 Å². The molecular formula is C13H18O4S. The minimum atomic E-state index is -1.34. The fraction of sp³-hybridized carbons (Fsp3) is 0.462. The number of ether oxygens (including phenoxy) is 1. The maximum absolute atomic E-state index is 11.5. The number of hydrogen-bond donors (Lipinski definition) is 1. The summed E-state index contributed by atoms with van der Waals surface area (Å²) in [5.41, 5.74) is 1.12. The van der Waals surface area contributed by atoms with Crippen molar-refractivity contribution in [2.75, 3.05) is 12.4 Å². The van der Waals surface area contributed by atoms with Crippen LogP contribution >= 0.6 is 0 Å². The smallest absolute Gasteiger partial charge is 0.318 e. The van der Waals surface area contributed by atoms with E-state index in [4.69, 9.17) is 9.84 Å². The molecular weight excluding hydrogens is 252 g/mol. The summed E-state index contributed by atoms with van der Waals surface area (Å²) in [5, 5.41) is 7.88. The van der Waals surface area contributed by atoms with Gasteiger partial charge in [0, 0.05) is 16.6 Å². The van der Waals surface area contributed by atoms with Crippen molar-refractivity contribution in [3.8, 4) is 5.75 Å². The number of carboxylic acid groups (broad SMARTS) is 1. The van der Waals surface area contributed by atoms with E-state index in [0.717, 1.165) is 11.3 Å². The van der Waals surface area contributed by atoms with Crippen LogP contribution in [0.15, 0.2) is 24.3 Å². The van der Waals surface area contributed by atoms with Crippen LogP contribution in [0.4, 0.5) is 0 Å². The van der Waals surface area contributed by atoms with E-state index in [1.807, 2.05) is 31.2 Å². The zero-order chi connectivity index (χ0) is 13.5. The molecule has 0 bridgehead atoms. The van der Waals surface area contributed by atoms with E-state index in [0.29, 0.717) is 18.8 Å². The summed E-state index contributed by atoms with van der Waals surface area (Å²) in [4.78, 5) is 10.6. The van der Waals surface area contributed by atoms with Crippen molar-refractivity contribution in [2.24, 2.45) is 0 Å². The van der Waals surface area contributed by atoms with Gasteiger partial charge in [-0.25, -0.2) is 0 Å². The van der Waals surface area contributed by atoms with Gasteiger partial charge in [0.25, 0.3) is 0 Å². The topological polar surface area (TPSA) is 63.6 Å². The van der Waals surface area contributed by atoms with Crippen molar-refractivity contribution in [3.63, 3.8) is 0 Å². The summed E-state index contributed by atoms with van der Waals surface area (Å²) >= 11 is 0. The zero-order valence-corrected chi connectivity index (χ0v) is 11.4. The van der Waals surface area contributed by atoms with Gasteiger partial charge in [0.1, 0.15) is 11.0 Å². The van der Waals surface area contributed by atoms with Gasteiger partial charge in [0.15, 0.2) is 0 Å². The summed E-state index contributed by atoms with van der Waals surface area (Å²) in [6.07, 6.45) is 0.582. The van der Waals surface area contributed by atoms with E-state index in [1.54, 1.807) is 0 Å². The molecule has 0 spiro atoms. The van der Waals surface area contributed by atoms with Gasteiger partial charge >= 0.3 is 5.97 Å². The first-order valence-corrected chi connectivity index (χ1v) is 7.18. The number of rotatable bonds is 7. The molecule has 1 aromatic carbocycles. The normalized spacial score (nSPS) is 13.9. The Morgan fingerprint density at radius 1 is 1.50 bits per heavy atom. The number of aryl methyl sites for hydroxylation is 1. The zero-order valence-electron chi connectivity index (χ0n) is 10.6. The average molecular weight is 270 g/mol. The molecule has 0 aliphatic carbocycles. The fourth-order valence-electron chi connectivity index (χ4n) is 1.39. The first-order chi connectivity index (χ1) is 8.50. The molecule has 0 radical (unpaired) electrons. The van der Waals surface area contributed by atoms with Crippen LogP contribution < -0.4 is 4.74 Å². The molecule has 5 heteroatoms. The Morgan fingerprint density at radius 3 is 2.83 bits per heavy atom. The van der Waals surface area contributed by atoms with Crippen LogP contribution in [0.1, 0.15) is 18.9 Å². The van der Waals surface area contributed by atoms with Gasteiger partial charge in [0.05, 0.1) is 6.61 Å². The molecule has 4 nitrogen and oxygen atoms in total. The molecule has 0 heterocycles. The van der Waals surface area contributed by atoms with Crippen molar-refractivity contribution in [3.05, 3.63) is 29.8 Å². The Balaban J connectivity index is 2.27. The van der Waals surface area contributed by atoms with Crippen LogP contribution in [0.2, 0.25) is 0 Å². The molecule has 2 atom stereocenters. The molecule has 18 heavy (non-hydrogen) atoms. The van der Waals surface area contributed by atoms with Gasteiger partial charge in [-0.2, -0.15) is 0 Å². The third kappa shape index (κ3) is 4.87. The maximum atomic E-state index is 11.5. The summed E-state index contributed by atoms with van der Waals surface area (Å²) in [5.74, 6) is 0.110. The molecule has 0 saturated carbocycles. The second kappa shape index (κ2) is 7.16. The number of carbonyl (C=O) groups is 1. The Bertz CT molecular complexity index is 431. The minimum absolute atomic E-state index is 0.347. The number of carboxylic acids is 1. The highest BCUT2D eigenvalue weighted by Gasteiger charge is 2.17. The molecule has 1 aromatic rings. The molecule has 1 rings (SSSR count). The molecule has 0 amide bonds.